The van der Waals surface area contributed by atoms with Crippen LogP contribution in [0.15, 0.2) is 18.2 Å². The zero-order valence-electron chi connectivity index (χ0n) is 14.5. The maximum atomic E-state index is 11.7. The van der Waals surface area contributed by atoms with E-state index >= 15 is 0 Å². The van der Waals surface area contributed by atoms with Crippen molar-refractivity contribution in [3.05, 3.63) is 23.8 Å². The lowest BCUT2D eigenvalue weighted by molar-refractivity contribution is -0.141. The Bertz CT molecular complexity index is 534. The van der Waals surface area contributed by atoms with E-state index in [4.69, 9.17) is 18.9 Å². The molecule has 0 saturated heterocycles. The molecule has 0 spiro atoms. The van der Waals surface area contributed by atoms with Gasteiger partial charge in [-0.25, -0.2) is 4.79 Å². The first-order valence-corrected chi connectivity index (χ1v) is 7.96. The van der Waals surface area contributed by atoms with Crippen LogP contribution in [0.2, 0.25) is 0 Å². The summed E-state index contributed by atoms with van der Waals surface area (Å²) in [6, 6.07) is 3.59. The van der Waals surface area contributed by atoms with Crippen LogP contribution in [0.4, 0.5) is 0 Å². The summed E-state index contributed by atoms with van der Waals surface area (Å²) in [5, 5.41) is 0. The normalized spacial score (nSPS) is 10.9. The molecule has 0 aliphatic rings. The molecular weight excluding hydrogens is 296 g/mol. The molecule has 0 bridgehead atoms. The van der Waals surface area contributed by atoms with Gasteiger partial charge >= 0.3 is 5.97 Å². The molecule has 0 heterocycles. The van der Waals surface area contributed by atoms with E-state index in [0.29, 0.717) is 37.1 Å². The Kier molecular flexibility index (Phi) is 8.02. The number of hydrogen-bond donors (Lipinski definition) is 0. The van der Waals surface area contributed by atoms with Crippen molar-refractivity contribution in [2.75, 3.05) is 19.8 Å². The summed E-state index contributed by atoms with van der Waals surface area (Å²) in [6.45, 7) is 10.9. The standard InChI is InChI=1S/C18H26O5/c1-6-20-15-12-17(22-8-3)16(21-7-2)11-14(15)9-10-18(19)23-13(4)5/h9-13H,6-8H2,1-5H3. The molecule has 0 aliphatic heterocycles. The smallest absolute Gasteiger partial charge is 0.331 e. The van der Waals surface area contributed by atoms with E-state index in [9.17, 15) is 4.79 Å². The van der Waals surface area contributed by atoms with Crippen LogP contribution in [-0.4, -0.2) is 31.9 Å². The molecule has 0 N–H and O–H groups in total. The van der Waals surface area contributed by atoms with Crippen LogP contribution >= 0.6 is 0 Å². The summed E-state index contributed by atoms with van der Waals surface area (Å²) in [5.41, 5.74) is 0.736. The van der Waals surface area contributed by atoms with Crippen LogP contribution in [0.1, 0.15) is 40.2 Å². The second-order valence-corrected chi connectivity index (χ2v) is 4.95. The third kappa shape index (κ3) is 6.22. The number of carbonyl (C=O) groups is 1. The number of benzene rings is 1. The van der Waals surface area contributed by atoms with Crippen LogP contribution in [0.3, 0.4) is 0 Å². The van der Waals surface area contributed by atoms with Gasteiger partial charge in [-0.3, -0.25) is 0 Å². The maximum Gasteiger partial charge on any atom is 0.331 e. The molecule has 0 unspecified atom stereocenters. The van der Waals surface area contributed by atoms with Crippen molar-refractivity contribution < 1.29 is 23.7 Å². The number of esters is 1. The number of hydrogen-bond acceptors (Lipinski definition) is 5. The van der Waals surface area contributed by atoms with Gasteiger partial charge in [0.2, 0.25) is 0 Å². The summed E-state index contributed by atoms with van der Waals surface area (Å²) >= 11 is 0. The van der Waals surface area contributed by atoms with Crippen molar-refractivity contribution in [3.8, 4) is 17.2 Å². The third-order valence-corrected chi connectivity index (χ3v) is 2.73. The second kappa shape index (κ2) is 9.77. The minimum atomic E-state index is -0.394. The predicted octanol–water partition coefficient (Wildman–Crippen LogP) is 3.85. The molecular formula is C18H26O5. The highest BCUT2D eigenvalue weighted by atomic mass is 16.5. The molecule has 0 fully saturated rings. The van der Waals surface area contributed by atoms with Crippen molar-refractivity contribution in [1.82, 2.24) is 0 Å². The summed E-state index contributed by atoms with van der Waals surface area (Å²) in [6.07, 6.45) is 2.89. The van der Waals surface area contributed by atoms with Crippen LogP contribution in [0, 0.1) is 0 Å². The summed E-state index contributed by atoms with van der Waals surface area (Å²) < 4.78 is 21.9. The predicted molar refractivity (Wildman–Crippen MR) is 90.2 cm³/mol. The monoisotopic (exact) mass is 322 g/mol. The Morgan fingerprint density at radius 2 is 1.48 bits per heavy atom. The van der Waals surface area contributed by atoms with Crippen LogP contribution in [-0.2, 0) is 9.53 Å². The molecule has 23 heavy (non-hydrogen) atoms. The minimum absolute atomic E-state index is 0.155. The summed E-state index contributed by atoms with van der Waals surface area (Å²) in [7, 11) is 0. The van der Waals surface area contributed by atoms with E-state index in [1.54, 1.807) is 32.1 Å². The van der Waals surface area contributed by atoms with Crippen molar-refractivity contribution in [1.29, 1.82) is 0 Å². The van der Waals surface area contributed by atoms with Gasteiger partial charge in [0.15, 0.2) is 11.5 Å². The SMILES string of the molecule is CCOc1cc(OCC)c(OCC)cc1C=CC(=O)OC(C)C. The number of rotatable bonds is 9. The van der Waals surface area contributed by atoms with Crippen LogP contribution in [0.5, 0.6) is 17.2 Å². The highest BCUT2D eigenvalue weighted by Crippen LogP contribution is 2.36. The second-order valence-electron chi connectivity index (χ2n) is 4.95. The lowest BCUT2D eigenvalue weighted by Crippen LogP contribution is -2.08. The highest BCUT2D eigenvalue weighted by Gasteiger charge is 2.12. The zero-order valence-corrected chi connectivity index (χ0v) is 14.5. The molecule has 128 valence electrons. The highest BCUT2D eigenvalue weighted by molar-refractivity contribution is 5.88. The Labute approximate surface area is 138 Å². The number of carbonyl (C=O) groups excluding carboxylic acids is 1. The first-order chi connectivity index (χ1) is 11.0. The van der Waals surface area contributed by atoms with Crippen molar-refractivity contribution in [3.63, 3.8) is 0 Å². The maximum absolute atomic E-state index is 11.7. The Morgan fingerprint density at radius 1 is 0.957 bits per heavy atom. The van der Waals surface area contributed by atoms with Gasteiger partial charge in [-0.05, 0) is 46.8 Å². The van der Waals surface area contributed by atoms with Gasteiger partial charge in [0.1, 0.15) is 5.75 Å². The van der Waals surface area contributed by atoms with Gasteiger partial charge in [0.25, 0.3) is 0 Å². The molecule has 5 heteroatoms. The van der Waals surface area contributed by atoms with E-state index in [1.807, 2.05) is 20.8 Å². The van der Waals surface area contributed by atoms with E-state index in [2.05, 4.69) is 0 Å². The molecule has 0 saturated carbocycles. The van der Waals surface area contributed by atoms with Crippen LogP contribution < -0.4 is 14.2 Å². The molecule has 0 atom stereocenters. The van der Waals surface area contributed by atoms with Crippen molar-refractivity contribution in [2.24, 2.45) is 0 Å². The molecule has 0 radical (unpaired) electrons. The molecule has 0 aromatic heterocycles. The fourth-order valence-electron chi connectivity index (χ4n) is 1.93. The fourth-order valence-corrected chi connectivity index (χ4v) is 1.93. The minimum Gasteiger partial charge on any atom is -0.493 e. The number of ether oxygens (including phenoxy) is 4. The Morgan fingerprint density at radius 3 is 2.00 bits per heavy atom. The topological polar surface area (TPSA) is 54.0 Å². The van der Waals surface area contributed by atoms with Crippen molar-refractivity contribution >= 4 is 12.0 Å². The third-order valence-electron chi connectivity index (χ3n) is 2.73. The average molecular weight is 322 g/mol. The van der Waals surface area contributed by atoms with Crippen LogP contribution in [0.25, 0.3) is 6.08 Å². The van der Waals surface area contributed by atoms with E-state index in [0.717, 1.165) is 5.56 Å². The van der Waals surface area contributed by atoms with Crippen molar-refractivity contribution in [2.45, 2.75) is 40.7 Å². The fraction of sp³-hybridized carbons (Fsp3) is 0.500. The van der Waals surface area contributed by atoms with E-state index < -0.39 is 5.97 Å². The quantitative estimate of drug-likeness (QED) is 0.510. The van der Waals surface area contributed by atoms with Gasteiger partial charge < -0.3 is 18.9 Å². The van der Waals surface area contributed by atoms with E-state index in [1.165, 1.54) is 6.08 Å². The molecule has 5 nitrogen and oxygen atoms in total. The lowest BCUT2D eigenvalue weighted by atomic mass is 10.1. The van der Waals surface area contributed by atoms with Gasteiger partial charge in [0, 0.05) is 17.7 Å². The average Bonchev–Trinajstić information content (AvgIpc) is 2.48. The summed E-state index contributed by atoms with van der Waals surface area (Å²) in [4.78, 5) is 11.7. The largest absolute Gasteiger partial charge is 0.493 e. The molecule has 1 aromatic rings. The zero-order chi connectivity index (χ0) is 17.2. The Hall–Kier alpha value is -2.17. The van der Waals surface area contributed by atoms with Gasteiger partial charge in [-0.1, -0.05) is 0 Å². The summed E-state index contributed by atoms with van der Waals surface area (Å²) in [5.74, 6) is 1.48. The van der Waals surface area contributed by atoms with Gasteiger partial charge in [-0.15, -0.1) is 0 Å². The van der Waals surface area contributed by atoms with Gasteiger partial charge in [-0.2, -0.15) is 0 Å². The molecule has 1 aromatic carbocycles. The Balaban J connectivity index is 3.13. The first kappa shape index (κ1) is 18.9. The molecule has 0 aliphatic carbocycles. The first-order valence-electron chi connectivity index (χ1n) is 7.96. The van der Waals surface area contributed by atoms with E-state index in [-0.39, 0.29) is 6.10 Å². The van der Waals surface area contributed by atoms with Gasteiger partial charge in [0.05, 0.1) is 25.9 Å². The molecule has 0 amide bonds. The molecule has 1 rings (SSSR count). The lowest BCUT2D eigenvalue weighted by Gasteiger charge is -2.15.